The summed E-state index contributed by atoms with van der Waals surface area (Å²) in [5.74, 6) is -0.643. The third kappa shape index (κ3) is 5.14. The van der Waals surface area contributed by atoms with Crippen LogP contribution < -0.4 is 5.32 Å². The first-order chi connectivity index (χ1) is 11.9. The van der Waals surface area contributed by atoms with Crippen molar-refractivity contribution in [1.82, 2.24) is 10.2 Å². The average Bonchev–Trinajstić information content (AvgIpc) is 2.60. The molecule has 134 valence electrons. The maximum atomic E-state index is 12.8. The van der Waals surface area contributed by atoms with Crippen molar-refractivity contribution in [2.75, 3.05) is 7.05 Å². The van der Waals surface area contributed by atoms with Crippen LogP contribution >= 0.6 is 0 Å². The zero-order valence-electron chi connectivity index (χ0n) is 14.5. The van der Waals surface area contributed by atoms with Gasteiger partial charge in [0.15, 0.2) is 0 Å². The SMILES string of the molecule is CC(=O)N/C(=C/c1cccc([N+](=O)[O-])c1)C(=O)N(C)C1CCCCC1. The highest BCUT2D eigenvalue weighted by Gasteiger charge is 2.25. The lowest BCUT2D eigenvalue weighted by Crippen LogP contribution is -2.42. The molecular weight excluding hydrogens is 322 g/mol. The van der Waals surface area contributed by atoms with E-state index < -0.39 is 4.92 Å². The molecule has 2 rings (SSSR count). The second-order valence-electron chi connectivity index (χ2n) is 6.30. The van der Waals surface area contributed by atoms with Gasteiger partial charge in [-0.1, -0.05) is 31.4 Å². The van der Waals surface area contributed by atoms with Crippen molar-refractivity contribution >= 4 is 23.6 Å². The molecule has 0 bridgehead atoms. The zero-order valence-corrected chi connectivity index (χ0v) is 14.5. The van der Waals surface area contributed by atoms with Gasteiger partial charge in [0.25, 0.3) is 11.6 Å². The molecule has 0 atom stereocenters. The smallest absolute Gasteiger partial charge is 0.270 e. The van der Waals surface area contributed by atoms with E-state index in [1.165, 1.54) is 31.6 Å². The summed E-state index contributed by atoms with van der Waals surface area (Å²) in [6, 6.07) is 6.11. The van der Waals surface area contributed by atoms with Crippen molar-refractivity contribution < 1.29 is 14.5 Å². The predicted molar refractivity (Wildman–Crippen MR) is 94.5 cm³/mol. The van der Waals surface area contributed by atoms with Gasteiger partial charge in [-0.15, -0.1) is 0 Å². The lowest BCUT2D eigenvalue weighted by atomic mass is 9.94. The molecule has 0 radical (unpaired) electrons. The summed E-state index contributed by atoms with van der Waals surface area (Å²) in [7, 11) is 1.74. The number of nitro groups is 1. The molecule has 0 aliphatic heterocycles. The molecule has 0 saturated heterocycles. The van der Waals surface area contributed by atoms with Gasteiger partial charge in [-0.25, -0.2) is 0 Å². The Kier molecular flexibility index (Phi) is 6.27. The molecule has 1 aromatic carbocycles. The molecule has 1 fully saturated rings. The minimum atomic E-state index is -0.495. The van der Waals surface area contributed by atoms with E-state index in [-0.39, 0.29) is 29.2 Å². The Hall–Kier alpha value is -2.70. The average molecular weight is 345 g/mol. The first-order valence-electron chi connectivity index (χ1n) is 8.39. The van der Waals surface area contributed by atoms with E-state index in [0.29, 0.717) is 5.56 Å². The lowest BCUT2D eigenvalue weighted by molar-refractivity contribution is -0.384. The van der Waals surface area contributed by atoms with Crippen LogP contribution in [0.15, 0.2) is 30.0 Å². The standard InChI is InChI=1S/C18H23N3O4/c1-13(22)19-17(12-14-7-6-10-16(11-14)21(24)25)18(23)20(2)15-8-4-3-5-9-15/h6-7,10-12,15H,3-5,8-9H2,1-2H3,(H,19,22)/b17-12+. The number of carbonyl (C=O) groups is 2. The summed E-state index contributed by atoms with van der Waals surface area (Å²) in [4.78, 5) is 36.4. The summed E-state index contributed by atoms with van der Waals surface area (Å²) in [6.07, 6.45) is 6.74. The lowest BCUT2D eigenvalue weighted by Gasteiger charge is -2.31. The first-order valence-corrected chi connectivity index (χ1v) is 8.39. The second kappa shape index (κ2) is 8.41. The van der Waals surface area contributed by atoms with Crippen LogP contribution in [0.4, 0.5) is 5.69 Å². The Morgan fingerprint density at radius 2 is 1.96 bits per heavy atom. The van der Waals surface area contributed by atoms with Crippen molar-refractivity contribution in [2.24, 2.45) is 0 Å². The normalized spacial score (nSPS) is 15.5. The quantitative estimate of drug-likeness (QED) is 0.504. The van der Waals surface area contributed by atoms with Gasteiger partial charge >= 0.3 is 0 Å². The number of nitro benzene ring substituents is 1. The third-order valence-electron chi connectivity index (χ3n) is 4.38. The summed E-state index contributed by atoms with van der Waals surface area (Å²) < 4.78 is 0. The number of likely N-dealkylation sites (N-methyl/N-ethyl adjacent to an activating group) is 1. The molecule has 0 spiro atoms. The maximum Gasteiger partial charge on any atom is 0.270 e. The fourth-order valence-electron chi connectivity index (χ4n) is 3.06. The van der Waals surface area contributed by atoms with Crippen molar-refractivity contribution in [2.45, 2.75) is 45.1 Å². The molecule has 1 N–H and O–H groups in total. The molecule has 1 saturated carbocycles. The number of nitrogens with zero attached hydrogens (tertiary/aromatic N) is 2. The Labute approximate surface area is 146 Å². The highest BCUT2D eigenvalue weighted by atomic mass is 16.6. The molecule has 0 unspecified atom stereocenters. The van der Waals surface area contributed by atoms with Gasteiger partial charge in [0, 0.05) is 32.1 Å². The second-order valence-corrected chi connectivity index (χ2v) is 6.30. The minimum absolute atomic E-state index is 0.0657. The molecule has 1 aliphatic carbocycles. The summed E-state index contributed by atoms with van der Waals surface area (Å²) in [5.41, 5.74) is 0.549. The Balaban J connectivity index is 2.28. The van der Waals surface area contributed by atoms with Crippen LogP contribution in [0.25, 0.3) is 6.08 Å². The molecule has 7 heteroatoms. The van der Waals surface area contributed by atoms with Crippen LogP contribution in [-0.4, -0.2) is 34.7 Å². The number of rotatable bonds is 5. The number of amides is 2. The van der Waals surface area contributed by atoms with E-state index in [9.17, 15) is 19.7 Å². The van der Waals surface area contributed by atoms with E-state index in [1.54, 1.807) is 24.1 Å². The van der Waals surface area contributed by atoms with Crippen molar-refractivity contribution in [3.8, 4) is 0 Å². The van der Waals surface area contributed by atoms with Gasteiger partial charge in [-0.05, 0) is 24.5 Å². The maximum absolute atomic E-state index is 12.8. The molecule has 1 aliphatic rings. The van der Waals surface area contributed by atoms with Crippen molar-refractivity contribution in [3.05, 3.63) is 45.6 Å². The van der Waals surface area contributed by atoms with E-state index in [4.69, 9.17) is 0 Å². The summed E-state index contributed by atoms with van der Waals surface area (Å²) >= 11 is 0. The molecule has 1 aromatic rings. The zero-order chi connectivity index (χ0) is 18.4. The third-order valence-corrected chi connectivity index (χ3v) is 4.38. The van der Waals surface area contributed by atoms with Gasteiger partial charge in [0.05, 0.1) is 4.92 Å². The number of nitrogens with one attached hydrogen (secondary N) is 1. The van der Waals surface area contributed by atoms with E-state index in [0.717, 1.165) is 25.7 Å². The van der Waals surface area contributed by atoms with Gasteiger partial charge in [0.2, 0.25) is 5.91 Å². The highest BCUT2D eigenvalue weighted by molar-refractivity contribution is 6.01. The topological polar surface area (TPSA) is 92.5 Å². The van der Waals surface area contributed by atoms with E-state index in [1.807, 2.05) is 0 Å². The molecule has 7 nitrogen and oxygen atoms in total. The number of carbonyl (C=O) groups excluding carboxylic acids is 2. The molecule has 0 aromatic heterocycles. The Bertz CT molecular complexity index is 693. The molecular formula is C18H23N3O4. The fourth-order valence-corrected chi connectivity index (χ4v) is 3.06. The summed E-state index contributed by atoms with van der Waals surface area (Å²) in [6.45, 7) is 1.33. The minimum Gasteiger partial charge on any atom is -0.337 e. The van der Waals surface area contributed by atoms with Crippen LogP contribution in [0.1, 0.15) is 44.6 Å². The van der Waals surface area contributed by atoms with Gasteiger partial charge < -0.3 is 10.2 Å². The number of benzene rings is 1. The monoisotopic (exact) mass is 345 g/mol. The fraction of sp³-hybridized carbons (Fsp3) is 0.444. The number of hydrogen-bond acceptors (Lipinski definition) is 4. The van der Waals surface area contributed by atoms with E-state index >= 15 is 0 Å². The van der Waals surface area contributed by atoms with Gasteiger partial charge in [0.1, 0.15) is 5.70 Å². The Morgan fingerprint density at radius 3 is 2.56 bits per heavy atom. The number of non-ortho nitro benzene ring substituents is 1. The Morgan fingerprint density at radius 1 is 1.28 bits per heavy atom. The van der Waals surface area contributed by atoms with Crippen molar-refractivity contribution in [1.29, 1.82) is 0 Å². The van der Waals surface area contributed by atoms with Crippen LogP contribution in [0.5, 0.6) is 0 Å². The van der Waals surface area contributed by atoms with Crippen molar-refractivity contribution in [3.63, 3.8) is 0 Å². The van der Waals surface area contributed by atoms with Gasteiger partial charge in [-0.2, -0.15) is 0 Å². The largest absolute Gasteiger partial charge is 0.337 e. The van der Waals surface area contributed by atoms with Crippen LogP contribution in [-0.2, 0) is 9.59 Å². The number of hydrogen-bond donors (Lipinski definition) is 1. The molecule has 25 heavy (non-hydrogen) atoms. The molecule has 0 heterocycles. The van der Waals surface area contributed by atoms with Crippen LogP contribution in [0.2, 0.25) is 0 Å². The highest BCUT2D eigenvalue weighted by Crippen LogP contribution is 2.23. The van der Waals surface area contributed by atoms with Crippen LogP contribution in [0.3, 0.4) is 0 Å². The first kappa shape index (κ1) is 18.6. The predicted octanol–water partition coefficient (Wildman–Crippen LogP) is 2.86. The summed E-state index contributed by atoms with van der Waals surface area (Å²) in [5, 5.41) is 13.5. The van der Waals surface area contributed by atoms with Gasteiger partial charge in [-0.3, -0.25) is 19.7 Å². The molecule has 2 amide bonds. The van der Waals surface area contributed by atoms with E-state index in [2.05, 4.69) is 5.32 Å². The van der Waals surface area contributed by atoms with Crippen LogP contribution in [0, 0.1) is 10.1 Å².